The second-order valence-corrected chi connectivity index (χ2v) is 4.84. The lowest BCUT2D eigenvalue weighted by Crippen LogP contribution is -2.29. The SMILES string of the molecule is Cn1nc(N)cc1CN1CCCc2ccccc21. The number of nitrogen functional groups attached to an aromatic ring is 1. The van der Waals surface area contributed by atoms with Crippen LogP contribution in [-0.2, 0) is 20.0 Å². The van der Waals surface area contributed by atoms with Crippen molar-refractivity contribution in [1.82, 2.24) is 9.78 Å². The monoisotopic (exact) mass is 242 g/mol. The Morgan fingerprint density at radius 1 is 1.33 bits per heavy atom. The number of anilines is 2. The maximum Gasteiger partial charge on any atom is 0.145 e. The van der Waals surface area contributed by atoms with E-state index in [9.17, 15) is 0 Å². The van der Waals surface area contributed by atoms with Crippen molar-refractivity contribution in [3.05, 3.63) is 41.6 Å². The van der Waals surface area contributed by atoms with E-state index < -0.39 is 0 Å². The first-order valence-corrected chi connectivity index (χ1v) is 6.35. The molecule has 1 aliphatic heterocycles. The van der Waals surface area contributed by atoms with Crippen LogP contribution in [0.15, 0.2) is 30.3 Å². The second kappa shape index (κ2) is 4.37. The quantitative estimate of drug-likeness (QED) is 0.875. The Morgan fingerprint density at radius 3 is 2.94 bits per heavy atom. The number of fused-ring (bicyclic) bond motifs is 1. The highest BCUT2D eigenvalue weighted by Crippen LogP contribution is 2.28. The molecule has 0 atom stereocenters. The van der Waals surface area contributed by atoms with Crippen LogP contribution in [0.25, 0.3) is 0 Å². The van der Waals surface area contributed by atoms with Crippen LogP contribution in [0.4, 0.5) is 11.5 Å². The molecule has 4 heteroatoms. The Balaban J connectivity index is 1.88. The number of hydrogen-bond acceptors (Lipinski definition) is 3. The summed E-state index contributed by atoms with van der Waals surface area (Å²) in [6.45, 7) is 1.97. The van der Waals surface area contributed by atoms with Crippen molar-refractivity contribution in [1.29, 1.82) is 0 Å². The fraction of sp³-hybridized carbons (Fsp3) is 0.357. The lowest BCUT2D eigenvalue weighted by Gasteiger charge is -2.31. The van der Waals surface area contributed by atoms with Crippen molar-refractivity contribution in [2.45, 2.75) is 19.4 Å². The Bertz CT molecular complexity index is 559. The molecule has 0 saturated heterocycles. The summed E-state index contributed by atoms with van der Waals surface area (Å²) in [4.78, 5) is 2.41. The molecule has 0 bridgehead atoms. The molecule has 2 N–H and O–H groups in total. The summed E-state index contributed by atoms with van der Waals surface area (Å²) in [7, 11) is 1.95. The molecule has 0 unspecified atom stereocenters. The van der Waals surface area contributed by atoms with Crippen LogP contribution in [0.5, 0.6) is 0 Å². The smallest absolute Gasteiger partial charge is 0.145 e. The highest BCUT2D eigenvalue weighted by molar-refractivity contribution is 5.55. The maximum atomic E-state index is 5.73. The van der Waals surface area contributed by atoms with Crippen LogP contribution in [-0.4, -0.2) is 16.3 Å². The van der Waals surface area contributed by atoms with Crippen LogP contribution in [0, 0.1) is 0 Å². The number of para-hydroxylation sites is 1. The van der Waals surface area contributed by atoms with E-state index in [1.165, 1.54) is 24.1 Å². The summed E-state index contributed by atoms with van der Waals surface area (Å²) in [5, 5.41) is 4.20. The van der Waals surface area contributed by atoms with Crippen LogP contribution in [0.3, 0.4) is 0 Å². The Labute approximate surface area is 107 Å². The largest absolute Gasteiger partial charge is 0.382 e. The van der Waals surface area contributed by atoms with Gasteiger partial charge >= 0.3 is 0 Å². The molecule has 1 aromatic heterocycles. The van der Waals surface area contributed by atoms with E-state index in [1.54, 1.807) is 0 Å². The third-order valence-electron chi connectivity index (χ3n) is 3.55. The lowest BCUT2D eigenvalue weighted by atomic mass is 10.0. The molecular formula is C14H18N4. The van der Waals surface area contributed by atoms with Gasteiger partial charge in [0.1, 0.15) is 5.82 Å². The molecule has 18 heavy (non-hydrogen) atoms. The first-order valence-electron chi connectivity index (χ1n) is 6.35. The van der Waals surface area contributed by atoms with E-state index >= 15 is 0 Å². The normalized spacial score (nSPS) is 14.6. The molecule has 1 aliphatic rings. The van der Waals surface area contributed by atoms with Gasteiger partial charge in [0.05, 0.1) is 12.2 Å². The fourth-order valence-corrected chi connectivity index (χ4v) is 2.65. The number of nitrogens with zero attached hydrogens (tertiary/aromatic N) is 3. The molecular weight excluding hydrogens is 224 g/mol. The molecule has 3 rings (SSSR count). The number of nitrogens with two attached hydrogens (primary N) is 1. The first kappa shape index (κ1) is 11.1. The molecule has 0 saturated carbocycles. The summed E-state index contributed by atoms with van der Waals surface area (Å²) in [6.07, 6.45) is 2.39. The Kier molecular flexibility index (Phi) is 2.70. The summed E-state index contributed by atoms with van der Waals surface area (Å²) in [5.74, 6) is 0.595. The van der Waals surface area contributed by atoms with Gasteiger partial charge in [0, 0.05) is 25.3 Å². The molecule has 1 aromatic carbocycles. The third kappa shape index (κ3) is 1.94. The highest BCUT2D eigenvalue weighted by Gasteiger charge is 2.17. The van der Waals surface area contributed by atoms with Gasteiger partial charge in [0.25, 0.3) is 0 Å². The van der Waals surface area contributed by atoms with Crippen molar-refractivity contribution < 1.29 is 0 Å². The summed E-state index contributed by atoms with van der Waals surface area (Å²) >= 11 is 0. The van der Waals surface area contributed by atoms with Crippen molar-refractivity contribution in [3.8, 4) is 0 Å². The number of rotatable bonds is 2. The zero-order valence-electron chi connectivity index (χ0n) is 10.6. The minimum absolute atomic E-state index is 0.595. The molecule has 0 spiro atoms. The molecule has 0 aliphatic carbocycles. The van der Waals surface area contributed by atoms with Crippen LogP contribution < -0.4 is 10.6 Å². The zero-order valence-corrected chi connectivity index (χ0v) is 10.6. The van der Waals surface area contributed by atoms with E-state index in [2.05, 4.69) is 34.3 Å². The Hall–Kier alpha value is -1.97. The van der Waals surface area contributed by atoms with Gasteiger partial charge in [-0.05, 0) is 24.5 Å². The van der Waals surface area contributed by atoms with Crippen LogP contribution in [0.1, 0.15) is 17.7 Å². The number of hydrogen-bond donors (Lipinski definition) is 1. The van der Waals surface area contributed by atoms with Crippen molar-refractivity contribution in [2.24, 2.45) is 7.05 Å². The van der Waals surface area contributed by atoms with Crippen molar-refractivity contribution in [3.63, 3.8) is 0 Å². The fourth-order valence-electron chi connectivity index (χ4n) is 2.65. The molecule has 2 heterocycles. The van der Waals surface area contributed by atoms with Gasteiger partial charge in [-0.25, -0.2) is 0 Å². The van der Waals surface area contributed by atoms with Crippen molar-refractivity contribution in [2.75, 3.05) is 17.2 Å². The molecule has 4 nitrogen and oxygen atoms in total. The van der Waals surface area contributed by atoms with Crippen LogP contribution >= 0.6 is 0 Å². The topological polar surface area (TPSA) is 47.1 Å². The summed E-state index contributed by atoms with van der Waals surface area (Å²) in [5.41, 5.74) is 9.68. The maximum absolute atomic E-state index is 5.73. The van der Waals surface area contributed by atoms with Gasteiger partial charge in [-0.1, -0.05) is 18.2 Å². The molecule has 0 fully saturated rings. The third-order valence-corrected chi connectivity index (χ3v) is 3.55. The minimum atomic E-state index is 0.595. The number of aryl methyl sites for hydroxylation is 2. The van der Waals surface area contributed by atoms with Gasteiger partial charge in [-0.3, -0.25) is 4.68 Å². The van der Waals surface area contributed by atoms with Gasteiger partial charge in [-0.15, -0.1) is 0 Å². The first-order chi connectivity index (χ1) is 8.74. The summed E-state index contributed by atoms with van der Waals surface area (Å²) in [6, 6.07) is 10.6. The number of aromatic nitrogens is 2. The molecule has 2 aromatic rings. The minimum Gasteiger partial charge on any atom is -0.382 e. The average Bonchev–Trinajstić information content (AvgIpc) is 2.68. The van der Waals surface area contributed by atoms with Gasteiger partial charge < -0.3 is 10.6 Å². The van der Waals surface area contributed by atoms with E-state index in [-0.39, 0.29) is 0 Å². The molecule has 94 valence electrons. The average molecular weight is 242 g/mol. The van der Waals surface area contributed by atoms with Crippen LogP contribution in [0.2, 0.25) is 0 Å². The van der Waals surface area contributed by atoms with E-state index in [1.807, 2.05) is 17.8 Å². The van der Waals surface area contributed by atoms with Gasteiger partial charge in [0.15, 0.2) is 0 Å². The Morgan fingerprint density at radius 2 is 2.17 bits per heavy atom. The standard InChI is InChI=1S/C14H18N4/c1-17-12(9-14(15)16-17)10-18-8-4-6-11-5-2-3-7-13(11)18/h2-3,5,7,9H,4,6,8,10H2,1H3,(H2,15,16). The predicted octanol–water partition coefficient (Wildman–Crippen LogP) is 1.96. The second-order valence-electron chi connectivity index (χ2n) is 4.84. The highest BCUT2D eigenvalue weighted by atomic mass is 15.3. The zero-order chi connectivity index (χ0) is 12.5. The molecule has 0 amide bonds. The number of benzene rings is 1. The van der Waals surface area contributed by atoms with Gasteiger partial charge in [0.2, 0.25) is 0 Å². The summed E-state index contributed by atoms with van der Waals surface area (Å²) < 4.78 is 1.87. The molecule has 0 radical (unpaired) electrons. The van der Waals surface area contributed by atoms with E-state index in [0.29, 0.717) is 5.82 Å². The van der Waals surface area contributed by atoms with E-state index in [4.69, 9.17) is 5.73 Å². The van der Waals surface area contributed by atoms with Gasteiger partial charge in [-0.2, -0.15) is 5.10 Å². The predicted molar refractivity (Wildman–Crippen MR) is 73.4 cm³/mol. The lowest BCUT2D eigenvalue weighted by molar-refractivity contribution is 0.645. The van der Waals surface area contributed by atoms with Crippen molar-refractivity contribution >= 4 is 11.5 Å². The van der Waals surface area contributed by atoms with E-state index in [0.717, 1.165) is 18.8 Å².